The van der Waals surface area contributed by atoms with Gasteiger partial charge in [-0.15, -0.1) is 10.2 Å². The number of piperazine rings is 1. The van der Waals surface area contributed by atoms with Gasteiger partial charge in [-0.05, 0) is 61.7 Å². The van der Waals surface area contributed by atoms with Gasteiger partial charge in [0.15, 0.2) is 5.16 Å². The molecule has 0 spiro atoms. The van der Waals surface area contributed by atoms with Gasteiger partial charge in [0, 0.05) is 54.3 Å². The van der Waals surface area contributed by atoms with E-state index in [4.69, 9.17) is 0 Å². The Morgan fingerprint density at radius 2 is 1.73 bits per heavy atom. The monoisotopic (exact) mass is 699 g/mol. The van der Waals surface area contributed by atoms with Gasteiger partial charge < -0.3 is 9.80 Å². The normalized spacial score (nSPS) is 15.4. The van der Waals surface area contributed by atoms with Crippen molar-refractivity contribution in [3.63, 3.8) is 0 Å². The van der Waals surface area contributed by atoms with Gasteiger partial charge in [-0.25, -0.2) is 0 Å². The van der Waals surface area contributed by atoms with Gasteiger partial charge in [0.25, 0.3) is 5.91 Å². The van der Waals surface area contributed by atoms with Crippen molar-refractivity contribution in [2.45, 2.75) is 50.0 Å². The van der Waals surface area contributed by atoms with Crippen LogP contribution in [-0.2, 0) is 17.4 Å². The van der Waals surface area contributed by atoms with E-state index in [2.05, 4.69) is 26.1 Å². The molecule has 1 fully saturated rings. The van der Waals surface area contributed by atoms with Crippen molar-refractivity contribution in [3.05, 3.63) is 106 Å². The number of rotatable bonds is 10. The van der Waals surface area contributed by atoms with E-state index in [1.54, 1.807) is 22.8 Å². The first-order valence-corrected chi connectivity index (χ1v) is 16.5. The summed E-state index contributed by atoms with van der Waals surface area (Å²) in [5.41, 5.74) is 1.21. The third-order valence-corrected chi connectivity index (χ3v) is 9.17. The number of thioether (sulfide) groups is 1. The Morgan fingerprint density at radius 1 is 0.956 bits per heavy atom. The van der Waals surface area contributed by atoms with Gasteiger partial charge in [0.1, 0.15) is 5.82 Å². The number of hydrogen-bond donors (Lipinski definition) is 0. The molecule has 1 saturated heterocycles. The number of nitrogens with zero attached hydrogens (tertiary/aromatic N) is 5. The summed E-state index contributed by atoms with van der Waals surface area (Å²) >= 11 is 4.82. The Morgan fingerprint density at radius 3 is 2.47 bits per heavy atom. The first kappa shape index (κ1) is 32.7. The molecule has 0 saturated carbocycles. The van der Waals surface area contributed by atoms with E-state index in [-0.39, 0.29) is 17.9 Å². The Labute approximate surface area is 272 Å². The van der Waals surface area contributed by atoms with Crippen LogP contribution in [0.25, 0.3) is 5.69 Å². The van der Waals surface area contributed by atoms with Crippen molar-refractivity contribution in [2.24, 2.45) is 0 Å². The molecule has 1 aliphatic heterocycles. The fraction of sp³-hybridized carbons (Fsp3) is 0.333. The summed E-state index contributed by atoms with van der Waals surface area (Å²) in [6.07, 6.45) is -2.29. The highest BCUT2D eigenvalue weighted by molar-refractivity contribution is 9.10. The van der Waals surface area contributed by atoms with Crippen molar-refractivity contribution < 1.29 is 22.8 Å². The molecule has 12 heteroatoms. The minimum Gasteiger partial charge on any atom is -0.339 e. The van der Waals surface area contributed by atoms with Crippen LogP contribution in [0.3, 0.4) is 0 Å². The molecule has 45 heavy (non-hydrogen) atoms. The lowest BCUT2D eigenvalue weighted by atomic mass is 10.1. The van der Waals surface area contributed by atoms with E-state index in [9.17, 15) is 22.8 Å². The van der Waals surface area contributed by atoms with E-state index in [0.717, 1.165) is 28.6 Å². The summed E-state index contributed by atoms with van der Waals surface area (Å²) in [6, 6.07) is 22.0. The summed E-state index contributed by atoms with van der Waals surface area (Å²) in [5, 5.41) is 9.17. The summed E-state index contributed by atoms with van der Waals surface area (Å²) < 4.78 is 43.1. The van der Waals surface area contributed by atoms with E-state index >= 15 is 0 Å². The van der Waals surface area contributed by atoms with Gasteiger partial charge in [0.2, 0.25) is 5.91 Å². The van der Waals surface area contributed by atoms with Crippen LogP contribution in [0, 0.1) is 0 Å². The molecule has 2 heterocycles. The molecule has 1 aromatic heterocycles. The van der Waals surface area contributed by atoms with Crippen LogP contribution < -0.4 is 0 Å². The molecular weight excluding hydrogens is 667 g/mol. The Balaban J connectivity index is 1.16. The maximum atomic E-state index is 13.5. The Bertz CT molecular complexity index is 1630. The van der Waals surface area contributed by atoms with Crippen LogP contribution in [0.2, 0.25) is 0 Å². The third-order valence-electron chi connectivity index (χ3n) is 7.67. The predicted octanol–water partition coefficient (Wildman–Crippen LogP) is 7.27. The number of halogens is 4. The molecule has 5 rings (SSSR count). The molecule has 4 aromatic rings. The third kappa shape index (κ3) is 8.35. The minimum atomic E-state index is -4.47. The number of carbonyl (C=O) groups excluding carboxylic acids is 2. The van der Waals surface area contributed by atoms with Crippen molar-refractivity contribution >= 4 is 39.5 Å². The van der Waals surface area contributed by atoms with Gasteiger partial charge in [0.05, 0.1) is 11.3 Å². The summed E-state index contributed by atoms with van der Waals surface area (Å²) in [6.45, 7) is 3.41. The number of carbonyl (C=O) groups is 2. The van der Waals surface area contributed by atoms with Gasteiger partial charge in [-0.1, -0.05) is 70.2 Å². The summed E-state index contributed by atoms with van der Waals surface area (Å²) in [7, 11) is 0. The van der Waals surface area contributed by atoms with Crippen molar-refractivity contribution in [1.82, 2.24) is 24.6 Å². The molecule has 0 N–H and O–H groups in total. The average molecular weight is 701 g/mol. The summed E-state index contributed by atoms with van der Waals surface area (Å²) in [4.78, 5) is 29.6. The second-order valence-electron chi connectivity index (χ2n) is 10.9. The maximum Gasteiger partial charge on any atom is 0.416 e. The highest BCUT2D eigenvalue weighted by Gasteiger charge is 2.32. The molecule has 7 nitrogen and oxygen atoms in total. The molecule has 2 amide bonds. The van der Waals surface area contributed by atoms with Crippen molar-refractivity contribution in [1.29, 1.82) is 0 Å². The molecular formula is C33H33BrF3N5O2S. The zero-order valence-electron chi connectivity index (χ0n) is 24.7. The second-order valence-corrected chi connectivity index (χ2v) is 12.9. The van der Waals surface area contributed by atoms with Crippen molar-refractivity contribution in [2.75, 3.05) is 25.4 Å². The van der Waals surface area contributed by atoms with Crippen LogP contribution in [0.4, 0.5) is 13.2 Å². The van der Waals surface area contributed by atoms with Crippen LogP contribution in [0.15, 0.2) is 88.5 Å². The lowest BCUT2D eigenvalue weighted by Gasteiger charge is -2.40. The van der Waals surface area contributed by atoms with Gasteiger partial charge >= 0.3 is 6.18 Å². The molecule has 1 atom stereocenters. The highest BCUT2D eigenvalue weighted by atomic mass is 79.9. The van der Waals surface area contributed by atoms with E-state index in [0.29, 0.717) is 66.9 Å². The molecule has 0 radical (unpaired) electrons. The molecule has 1 aliphatic rings. The number of aromatic nitrogens is 3. The minimum absolute atomic E-state index is 0.0437. The van der Waals surface area contributed by atoms with Crippen LogP contribution in [0.5, 0.6) is 0 Å². The largest absolute Gasteiger partial charge is 0.416 e. The number of unbranched alkanes of at least 4 members (excludes halogenated alkanes) is 1. The molecule has 1 unspecified atom stereocenters. The second kappa shape index (κ2) is 14.6. The molecule has 0 aliphatic carbocycles. The quantitative estimate of drug-likeness (QED) is 0.129. The topological polar surface area (TPSA) is 71.3 Å². The first-order valence-electron chi connectivity index (χ1n) is 14.7. The number of amides is 2. The molecule has 0 bridgehead atoms. The average Bonchev–Trinajstić information content (AvgIpc) is 3.42. The highest BCUT2D eigenvalue weighted by Crippen LogP contribution is 2.32. The van der Waals surface area contributed by atoms with E-state index < -0.39 is 11.7 Å². The fourth-order valence-electron chi connectivity index (χ4n) is 5.34. The molecule has 236 valence electrons. The standard InChI is InChI=1S/C33H33BrF3N5O2S/c1-23-22-40(16-17-41(23)31(44)25-11-7-13-27(34)20-25)30(43)15-5-6-18-45-32-39-38-29(19-24-9-3-2-4-10-24)42(32)28-14-8-12-26(21-28)33(35,36)37/h2-4,7-14,20-21,23H,5-6,15-19,22H2,1H3. The number of alkyl halides is 3. The van der Waals surface area contributed by atoms with E-state index in [1.165, 1.54) is 17.8 Å². The summed E-state index contributed by atoms with van der Waals surface area (Å²) in [5.74, 6) is 1.18. The lowest BCUT2D eigenvalue weighted by Crippen LogP contribution is -2.55. The number of benzene rings is 3. The van der Waals surface area contributed by atoms with E-state index in [1.807, 2.05) is 59.2 Å². The Kier molecular flexibility index (Phi) is 10.7. The van der Waals surface area contributed by atoms with Crippen LogP contribution in [-0.4, -0.2) is 67.8 Å². The predicted molar refractivity (Wildman–Crippen MR) is 171 cm³/mol. The van der Waals surface area contributed by atoms with Crippen LogP contribution in [0.1, 0.15) is 53.5 Å². The SMILES string of the molecule is CC1CN(C(=O)CCCCSc2nnc(Cc3ccccc3)n2-c2cccc(C(F)(F)F)c2)CCN1C(=O)c1cccc(Br)c1. The molecule has 3 aromatic carbocycles. The number of hydrogen-bond acceptors (Lipinski definition) is 5. The van der Waals surface area contributed by atoms with Crippen molar-refractivity contribution in [3.8, 4) is 5.69 Å². The first-order chi connectivity index (χ1) is 21.6. The lowest BCUT2D eigenvalue weighted by molar-refractivity contribution is -0.137. The fourth-order valence-corrected chi connectivity index (χ4v) is 6.71. The maximum absolute atomic E-state index is 13.5. The van der Waals surface area contributed by atoms with Gasteiger partial charge in [-0.3, -0.25) is 14.2 Å². The smallest absolute Gasteiger partial charge is 0.339 e. The van der Waals surface area contributed by atoms with Gasteiger partial charge in [-0.2, -0.15) is 13.2 Å². The zero-order valence-corrected chi connectivity index (χ0v) is 27.1. The Hall–Kier alpha value is -3.64. The van der Waals surface area contributed by atoms with Crippen LogP contribution >= 0.6 is 27.7 Å². The zero-order chi connectivity index (χ0) is 32.0.